The van der Waals surface area contributed by atoms with Gasteiger partial charge in [0, 0.05) is 6.07 Å². The fourth-order valence-electron chi connectivity index (χ4n) is 2.93. The maximum Gasteiger partial charge on any atom is 0.407 e. The van der Waals surface area contributed by atoms with E-state index in [4.69, 9.17) is 19.4 Å². The minimum absolute atomic E-state index is 0.323. The molecule has 0 aliphatic rings. The number of benzene rings is 1. The Morgan fingerprint density at radius 2 is 1.61 bits per heavy atom. The summed E-state index contributed by atoms with van der Waals surface area (Å²) < 4.78 is 11.0. The zero-order valence-electron chi connectivity index (χ0n) is 17.5. The molecule has 0 aliphatic carbocycles. The van der Waals surface area contributed by atoms with Crippen molar-refractivity contribution in [1.29, 1.82) is 0 Å². The van der Waals surface area contributed by atoms with Crippen molar-refractivity contribution in [3.05, 3.63) is 53.2 Å². The lowest BCUT2D eigenvalue weighted by molar-refractivity contribution is 0.0520. The average Bonchev–Trinajstić information content (AvgIpc) is 3.43. The second kappa shape index (κ2) is 9.03. The number of carbonyl (C=O) groups excluding carboxylic acids is 1. The van der Waals surface area contributed by atoms with Gasteiger partial charge < -0.3 is 14.8 Å². The van der Waals surface area contributed by atoms with Gasteiger partial charge >= 0.3 is 6.09 Å². The summed E-state index contributed by atoms with van der Waals surface area (Å²) in [5.74, 6) is 0.675. The van der Waals surface area contributed by atoms with Crippen molar-refractivity contribution in [3.63, 3.8) is 0 Å². The SMILES string of the molecule is CC(C)(C)OC(=O)NCCOc1ccc2nc(-c3cccs3)c(-c3cccs3)nc2c1. The molecule has 3 aromatic heterocycles. The van der Waals surface area contributed by atoms with Crippen LogP contribution >= 0.6 is 22.7 Å². The van der Waals surface area contributed by atoms with Crippen LogP contribution in [0.2, 0.25) is 0 Å². The number of nitrogens with one attached hydrogen (secondary N) is 1. The lowest BCUT2D eigenvalue weighted by Gasteiger charge is -2.19. The summed E-state index contributed by atoms with van der Waals surface area (Å²) in [4.78, 5) is 23.7. The van der Waals surface area contributed by atoms with Crippen LogP contribution in [-0.2, 0) is 4.74 Å². The molecule has 3 heterocycles. The highest BCUT2D eigenvalue weighted by molar-refractivity contribution is 7.14. The number of ether oxygens (including phenoxy) is 2. The molecule has 1 aromatic carbocycles. The molecule has 1 amide bonds. The van der Waals surface area contributed by atoms with Crippen molar-refractivity contribution in [1.82, 2.24) is 15.3 Å². The number of alkyl carbamates (subject to hydrolysis) is 1. The second-order valence-electron chi connectivity index (χ2n) is 7.80. The van der Waals surface area contributed by atoms with Gasteiger partial charge in [-0.05, 0) is 55.8 Å². The van der Waals surface area contributed by atoms with E-state index in [1.54, 1.807) is 22.7 Å². The third-order valence-electron chi connectivity index (χ3n) is 4.18. The van der Waals surface area contributed by atoms with Crippen LogP contribution in [0.15, 0.2) is 53.2 Å². The molecular weight excluding hydrogens is 430 g/mol. The molecule has 0 saturated heterocycles. The van der Waals surface area contributed by atoms with Crippen LogP contribution in [0.3, 0.4) is 0 Å². The Labute approximate surface area is 188 Å². The fourth-order valence-corrected chi connectivity index (χ4v) is 4.36. The summed E-state index contributed by atoms with van der Waals surface area (Å²) in [6, 6.07) is 13.8. The molecule has 0 fully saturated rings. The van der Waals surface area contributed by atoms with Crippen LogP contribution in [0.1, 0.15) is 20.8 Å². The quantitative estimate of drug-likeness (QED) is 0.363. The van der Waals surface area contributed by atoms with E-state index in [0.29, 0.717) is 18.9 Å². The van der Waals surface area contributed by atoms with Crippen LogP contribution in [0.25, 0.3) is 32.2 Å². The van der Waals surface area contributed by atoms with Crippen molar-refractivity contribution in [2.75, 3.05) is 13.2 Å². The maximum atomic E-state index is 11.7. The lowest BCUT2D eigenvalue weighted by atomic mass is 10.2. The van der Waals surface area contributed by atoms with Gasteiger partial charge in [-0.2, -0.15) is 0 Å². The van der Waals surface area contributed by atoms with E-state index in [2.05, 4.69) is 17.4 Å². The number of amides is 1. The molecule has 4 rings (SSSR count). The van der Waals surface area contributed by atoms with Gasteiger partial charge in [-0.1, -0.05) is 12.1 Å². The smallest absolute Gasteiger partial charge is 0.407 e. The van der Waals surface area contributed by atoms with Gasteiger partial charge in [0.15, 0.2) is 0 Å². The van der Waals surface area contributed by atoms with Gasteiger partial charge in [0.25, 0.3) is 0 Å². The van der Waals surface area contributed by atoms with Crippen LogP contribution in [0.5, 0.6) is 5.75 Å². The molecule has 0 spiro atoms. The Hall–Kier alpha value is -2.97. The first-order valence-corrected chi connectivity index (χ1v) is 11.6. The van der Waals surface area contributed by atoms with E-state index >= 15 is 0 Å². The Morgan fingerprint density at radius 3 is 2.19 bits per heavy atom. The number of thiophene rings is 2. The molecule has 0 bridgehead atoms. The Bertz CT molecular complexity index is 1170. The van der Waals surface area contributed by atoms with E-state index in [1.165, 1.54) is 0 Å². The molecular formula is C23H23N3O3S2. The third-order valence-corrected chi connectivity index (χ3v) is 5.94. The molecule has 31 heavy (non-hydrogen) atoms. The van der Waals surface area contributed by atoms with Crippen molar-refractivity contribution in [2.45, 2.75) is 26.4 Å². The van der Waals surface area contributed by atoms with E-state index in [1.807, 2.05) is 61.9 Å². The largest absolute Gasteiger partial charge is 0.492 e. The summed E-state index contributed by atoms with van der Waals surface area (Å²) in [5.41, 5.74) is 2.81. The van der Waals surface area contributed by atoms with Gasteiger partial charge in [0.2, 0.25) is 0 Å². The molecule has 160 valence electrons. The molecule has 0 saturated carbocycles. The Morgan fingerprint density at radius 1 is 0.968 bits per heavy atom. The first kappa shape index (κ1) is 21.3. The van der Waals surface area contributed by atoms with Gasteiger partial charge in [0.1, 0.15) is 29.3 Å². The highest BCUT2D eigenvalue weighted by Crippen LogP contribution is 2.35. The molecule has 4 aromatic rings. The summed E-state index contributed by atoms with van der Waals surface area (Å²) in [7, 11) is 0. The molecule has 0 atom stereocenters. The van der Waals surface area contributed by atoms with Gasteiger partial charge in [-0.3, -0.25) is 0 Å². The fraction of sp³-hybridized carbons (Fsp3) is 0.261. The summed E-state index contributed by atoms with van der Waals surface area (Å²) >= 11 is 3.29. The van der Waals surface area contributed by atoms with Gasteiger partial charge in [0.05, 0.1) is 27.3 Å². The number of hydrogen-bond acceptors (Lipinski definition) is 7. The zero-order chi connectivity index (χ0) is 21.8. The topological polar surface area (TPSA) is 73.3 Å². The van der Waals surface area contributed by atoms with Crippen molar-refractivity contribution in [2.24, 2.45) is 0 Å². The molecule has 8 heteroatoms. The molecule has 0 radical (unpaired) electrons. The van der Waals surface area contributed by atoms with Crippen molar-refractivity contribution < 1.29 is 14.3 Å². The Kier molecular flexibility index (Phi) is 6.20. The van der Waals surface area contributed by atoms with Gasteiger partial charge in [-0.25, -0.2) is 14.8 Å². The number of hydrogen-bond donors (Lipinski definition) is 1. The minimum Gasteiger partial charge on any atom is -0.492 e. The Balaban J connectivity index is 1.51. The van der Waals surface area contributed by atoms with Crippen LogP contribution in [-0.4, -0.2) is 34.8 Å². The normalized spacial score (nSPS) is 11.5. The second-order valence-corrected chi connectivity index (χ2v) is 9.70. The van der Waals surface area contributed by atoms with Crippen molar-refractivity contribution >= 4 is 39.8 Å². The van der Waals surface area contributed by atoms with E-state index in [-0.39, 0.29) is 0 Å². The first-order valence-electron chi connectivity index (χ1n) is 9.88. The molecule has 1 N–H and O–H groups in total. The van der Waals surface area contributed by atoms with E-state index < -0.39 is 11.7 Å². The van der Waals surface area contributed by atoms with E-state index in [9.17, 15) is 4.79 Å². The lowest BCUT2D eigenvalue weighted by Crippen LogP contribution is -2.34. The maximum absolute atomic E-state index is 11.7. The monoisotopic (exact) mass is 453 g/mol. The standard InChI is InChI=1S/C23H23N3O3S2/c1-23(2,3)29-22(27)24-10-11-28-15-8-9-16-17(14-15)26-21(19-7-5-13-31-19)20(25-16)18-6-4-12-30-18/h4-9,12-14H,10-11H2,1-3H3,(H,24,27). The van der Waals surface area contributed by atoms with Crippen LogP contribution in [0.4, 0.5) is 4.79 Å². The van der Waals surface area contributed by atoms with Crippen LogP contribution in [0, 0.1) is 0 Å². The van der Waals surface area contributed by atoms with E-state index in [0.717, 1.165) is 32.2 Å². The summed E-state index contributed by atoms with van der Waals surface area (Å²) in [6.07, 6.45) is -0.456. The number of aromatic nitrogens is 2. The van der Waals surface area contributed by atoms with Crippen molar-refractivity contribution in [3.8, 4) is 26.9 Å². The highest BCUT2D eigenvalue weighted by atomic mass is 32.1. The highest BCUT2D eigenvalue weighted by Gasteiger charge is 2.16. The summed E-state index contributed by atoms with van der Waals surface area (Å²) in [6.45, 7) is 6.15. The number of nitrogens with zero attached hydrogens (tertiary/aromatic N) is 2. The first-order chi connectivity index (χ1) is 14.9. The third kappa shape index (κ3) is 5.39. The van der Waals surface area contributed by atoms with Crippen LogP contribution < -0.4 is 10.1 Å². The number of fused-ring (bicyclic) bond motifs is 1. The summed E-state index contributed by atoms with van der Waals surface area (Å²) in [5, 5.41) is 6.77. The number of carbonyl (C=O) groups is 1. The minimum atomic E-state index is -0.524. The molecule has 6 nitrogen and oxygen atoms in total. The predicted octanol–water partition coefficient (Wildman–Crippen LogP) is 5.99. The molecule has 0 unspecified atom stereocenters. The molecule has 0 aliphatic heterocycles. The number of rotatable bonds is 6. The zero-order valence-corrected chi connectivity index (χ0v) is 19.2. The van der Waals surface area contributed by atoms with Gasteiger partial charge in [-0.15, -0.1) is 22.7 Å². The predicted molar refractivity (Wildman–Crippen MR) is 126 cm³/mol. The average molecular weight is 454 g/mol.